The number of carboxylic acid groups (broad SMARTS) is 1. The van der Waals surface area contributed by atoms with Crippen molar-refractivity contribution >= 4 is 34.9 Å². The minimum Gasteiger partial charge on any atom is -0.481 e. The lowest BCUT2D eigenvalue weighted by Gasteiger charge is -2.09. The third kappa shape index (κ3) is 3.16. The first-order valence-electron chi connectivity index (χ1n) is 5.39. The second-order valence-electron chi connectivity index (χ2n) is 3.98. The normalized spacial score (nSPS) is 10.4. The number of carbonyl (C=O) groups is 1. The highest BCUT2D eigenvalue weighted by Gasteiger charge is 2.12. The van der Waals surface area contributed by atoms with Crippen LogP contribution in [0.2, 0.25) is 10.0 Å². The highest BCUT2D eigenvalue weighted by Crippen LogP contribution is 2.30. The first-order chi connectivity index (χ1) is 8.97. The van der Waals surface area contributed by atoms with E-state index in [0.29, 0.717) is 32.6 Å². The van der Waals surface area contributed by atoms with Crippen molar-refractivity contribution < 1.29 is 9.90 Å². The van der Waals surface area contributed by atoms with E-state index in [1.165, 1.54) is 6.20 Å². The number of nitrogen functional groups attached to an aromatic ring is 1. The zero-order chi connectivity index (χ0) is 14.0. The molecule has 1 aromatic heterocycles. The largest absolute Gasteiger partial charge is 0.481 e. The number of aromatic nitrogens is 1. The molecule has 0 fully saturated rings. The summed E-state index contributed by atoms with van der Waals surface area (Å²) >= 11 is 11.8. The van der Waals surface area contributed by atoms with Crippen molar-refractivity contribution in [1.29, 1.82) is 0 Å². The fourth-order valence-electron chi connectivity index (χ4n) is 1.73. The van der Waals surface area contributed by atoms with Crippen LogP contribution in [0.1, 0.15) is 5.56 Å². The predicted molar refractivity (Wildman–Crippen MR) is 75.4 cm³/mol. The van der Waals surface area contributed by atoms with Gasteiger partial charge in [0.25, 0.3) is 0 Å². The lowest BCUT2D eigenvalue weighted by molar-refractivity contribution is -0.136. The second kappa shape index (κ2) is 5.47. The Hall–Kier alpha value is -1.78. The predicted octanol–water partition coefficient (Wildman–Crippen LogP) is 3.26. The molecule has 0 saturated carbocycles. The second-order valence-corrected chi connectivity index (χ2v) is 4.79. The van der Waals surface area contributed by atoms with Gasteiger partial charge in [0.2, 0.25) is 0 Å². The van der Waals surface area contributed by atoms with Gasteiger partial charge in [0.05, 0.1) is 34.0 Å². The molecule has 0 saturated heterocycles. The van der Waals surface area contributed by atoms with Gasteiger partial charge in [0.15, 0.2) is 0 Å². The fourth-order valence-corrected chi connectivity index (χ4v) is 2.03. The summed E-state index contributed by atoms with van der Waals surface area (Å²) < 4.78 is 0. The topological polar surface area (TPSA) is 76.2 Å². The van der Waals surface area contributed by atoms with Crippen LogP contribution in [0.3, 0.4) is 0 Å². The summed E-state index contributed by atoms with van der Waals surface area (Å²) in [5, 5.41) is 9.73. The van der Waals surface area contributed by atoms with Crippen LogP contribution in [0, 0.1) is 0 Å². The van der Waals surface area contributed by atoms with E-state index in [1.807, 2.05) is 0 Å². The number of anilines is 1. The van der Waals surface area contributed by atoms with E-state index >= 15 is 0 Å². The van der Waals surface area contributed by atoms with E-state index in [-0.39, 0.29) is 6.42 Å². The third-order valence-corrected chi connectivity index (χ3v) is 3.26. The summed E-state index contributed by atoms with van der Waals surface area (Å²) in [7, 11) is 0. The van der Waals surface area contributed by atoms with Crippen molar-refractivity contribution in [2.45, 2.75) is 6.42 Å². The van der Waals surface area contributed by atoms with Gasteiger partial charge < -0.3 is 10.8 Å². The smallest absolute Gasteiger partial charge is 0.307 e. The molecule has 6 heteroatoms. The van der Waals surface area contributed by atoms with Crippen LogP contribution in [0.25, 0.3) is 11.3 Å². The van der Waals surface area contributed by atoms with Gasteiger partial charge in [-0.15, -0.1) is 0 Å². The van der Waals surface area contributed by atoms with Gasteiger partial charge in [-0.05, 0) is 23.8 Å². The Morgan fingerprint density at radius 2 is 2.00 bits per heavy atom. The van der Waals surface area contributed by atoms with Gasteiger partial charge in [-0.1, -0.05) is 29.3 Å². The number of hydrogen-bond acceptors (Lipinski definition) is 3. The van der Waals surface area contributed by atoms with Crippen LogP contribution < -0.4 is 5.73 Å². The average Bonchev–Trinajstić information content (AvgIpc) is 2.32. The minimum atomic E-state index is -0.950. The van der Waals surface area contributed by atoms with Crippen LogP contribution in [-0.4, -0.2) is 16.1 Å². The number of aliphatic carboxylic acids is 1. The molecule has 19 heavy (non-hydrogen) atoms. The number of carboxylic acids is 1. The third-order valence-electron chi connectivity index (χ3n) is 2.52. The van der Waals surface area contributed by atoms with Crippen molar-refractivity contribution in [3.63, 3.8) is 0 Å². The van der Waals surface area contributed by atoms with Gasteiger partial charge in [-0.3, -0.25) is 9.78 Å². The molecule has 2 aromatic rings. The van der Waals surface area contributed by atoms with E-state index in [9.17, 15) is 4.79 Å². The van der Waals surface area contributed by atoms with Crippen LogP contribution in [-0.2, 0) is 11.2 Å². The summed E-state index contributed by atoms with van der Waals surface area (Å²) in [5.74, 6) is -0.950. The number of rotatable bonds is 3. The molecule has 0 aliphatic rings. The maximum atomic E-state index is 10.9. The Balaban J connectivity index is 2.54. The summed E-state index contributed by atoms with van der Waals surface area (Å²) in [6, 6.07) is 6.62. The number of pyridine rings is 1. The Morgan fingerprint density at radius 3 is 2.63 bits per heavy atom. The minimum absolute atomic E-state index is 0.159. The summed E-state index contributed by atoms with van der Waals surface area (Å²) in [6.07, 6.45) is 1.32. The molecule has 3 N–H and O–H groups in total. The summed E-state index contributed by atoms with van der Waals surface area (Å²) in [4.78, 5) is 15.1. The molecule has 0 spiro atoms. The van der Waals surface area contributed by atoms with Crippen molar-refractivity contribution in [2.75, 3.05) is 5.73 Å². The highest BCUT2D eigenvalue weighted by molar-refractivity contribution is 6.42. The summed E-state index contributed by atoms with van der Waals surface area (Å²) in [6.45, 7) is 0. The Kier molecular flexibility index (Phi) is 3.93. The molecule has 0 radical (unpaired) electrons. The van der Waals surface area contributed by atoms with Crippen molar-refractivity contribution in [1.82, 2.24) is 4.98 Å². The number of hydrogen-bond donors (Lipinski definition) is 2. The van der Waals surface area contributed by atoms with E-state index in [4.69, 9.17) is 34.0 Å². The number of benzene rings is 1. The highest BCUT2D eigenvalue weighted by atomic mass is 35.5. The van der Waals surface area contributed by atoms with E-state index in [1.54, 1.807) is 24.3 Å². The molecule has 1 heterocycles. The zero-order valence-corrected chi connectivity index (χ0v) is 11.2. The Morgan fingerprint density at radius 1 is 1.26 bits per heavy atom. The SMILES string of the molecule is Nc1cnc(-c2ccc(Cl)c(Cl)c2)c(CC(=O)O)c1. The van der Waals surface area contributed by atoms with E-state index in [2.05, 4.69) is 4.98 Å². The first-order valence-corrected chi connectivity index (χ1v) is 6.14. The van der Waals surface area contributed by atoms with Crippen LogP contribution >= 0.6 is 23.2 Å². The van der Waals surface area contributed by atoms with Gasteiger partial charge in [0.1, 0.15) is 0 Å². The molecular weight excluding hydrogens is 287 g/mol. The van der Waals surface area contributed by atoms with Crippen molar-refractivity contribution in [3.05, 3.63) is 46.1 Å². The molecule has 2 rings (SSSR count). The average molecular weight is 297 g/mol. The summed E-state index contributed by atoms with van der Waals surface area (Å²) in [5.41, 5.74) is 7.82. The fraction of sp³-hybridized carbons (Fsp3) is 0.0769. The van der Waals surface area contributed by atoms with Gasteiger partial charge in [-0.25, -0.2) is 0 Å². The first kappa shape index (κ1) is 13.6. The standard InChI is InChI=1S/C13H10Cl2N2O2/c14-10-2-1-7(4-11(10)15)13-8(5-12(18)19)3-9(16)6-17-13/h1-4,6H,5,16H2,(H,18,19). The molecule has 4 nitrogen and oxygen atoms in total. The zero-order valence-electron chi connectivity index (χ0n) is 9.73. The molecule has 98 valence electrons. The molecular formula is C13H10Cl2N2O2. The van der Waals surface area contributed by atoms with Crippen molar-refractivity contribution in [3.8, 4) is 11.3 Å². The number of nitrogens with zero attached hydrogens (tertiary/aromatic N) is 1. The molecule has 0 aliphatic heterocycles. The van der Waals surface area contributed by atoms with E-state index < -0.39 is 5.97 Å². The van der Waals surface area contributed by atoms with Gasteiger partial charge >= 0.3 is 5.97 Å². The maximum absolute atomic E-state index is 10.9. The monoisotopic (exact) mass is 296 g/mol. The lowest BCUT2D eigenvalue weighted by atomic mass is 10.0. The molecule has 0 aliphatic carbocycles. The maximum Gasteiger partial charge on any atom is 0.307 e. The lowest BCUT2D eigenvalue weighted by Crippen LogP contribution is -2.04. The van der Waals surface area contributed by atoms with Crippen LogP contribution in [0.5, 0.6) is 0 Å². The molecule has 0 atom stereocenters. The molecule has 1 aromatic carbocycles. The van der Waals surface area contributed by atoms with E-state index in [0.717, 1.165) is 0 Å². The number of nitrogens with two attached hydrogens (primary N) is 1. The Bertz CT molecular complexity index is 645. The van der Waals surface area contributed by atoms with Gasteiger partial charge in [-0.2, -0.15) is 0 Å². The molecule has 0 bridgehead atoms. The van der Waals surface area contributed by atoms with Crippen LogP contribution in [0.15, 0.2) is 30.5 Å². The molecule has 0 unspecified atom stereocenters. The van der Waals surface area contributed by atoms with Crippen LogP contribution in [0.4, 0.5) is 5.69 Å². The van der Waals surface area contributed by atoms with Crippen molar-refractivity contribution in [2.24, 2.45) is 0 Å². The Labute approximate surface area is 119 Å². The molecule has 0 amide bonds. The van der Waals surface area contributed by atoms with Gasteiger partial charge in [0, 0.05) is 5.56 Å². The quantitative estimate of drug-likeness (QED) is 0.911. The number of halogens is 2.